The van der Waals surface area contributed by atoms with E-state index in [2.05, 4.69) is 0 Å². The van der Waals surface area contributed by atoms with E-state index < -0.39 is 11.8 Å². The topological polar surface area (TPSA) is 59.7 Å². The first-order valence-corrected chi connectivity index (χ1v) is 6.30. The number of rotatable bonds is 3. The van der Waals surface area contributed by atoms with Crippen molar-refractivity contribution in [3.8, 4) is 11.5 Å². The predicted octanol–water partition coefficient (Wildman–Crippen LogP) is 4.72. The number of carbonyl (C=O) groups is 1. The van der Waals surface area contributed by atoms with Crippen molar-refractivity contribution in [3.05, 3.63) is 59.1 Å². The van der Waals surface area contributed by atoms with Gasteiger partial charge in [-0.2, -0.15) is 0 Å². The smallest absolute Gasteiger partial charge is 0.337 e. The first kappa shape index (κ1) is 13.5. The van der Waals surface area contributed by atoms with Crippen LogP contribution >= 0.6 is 11.6 Å². The SMILES string of the molecule is O=C(O)c1ccc(Oc2ccc(F)c3ccoc23)cc1Cl. The summed E-state index contributed by atoms with van der Waals surface area (Å²) in [4.78, 5) is 10.9. The Bertz CT molecular complexity index is 841. The van der Waals surface area contributed by atoms with E-state index in [1.54, 1.807) is 0 Å². The van der Waals surface area contributed by atoms with E-state index in [9.17, 15) is 9.18 Å². The van der Waals surface area contributed by atoms with E-state index in [1.165, 1.54) is 42.7 Å². The average Bonchev–Trinajstić information content (AvgIpc) is 2.92. The Morgan fingerprint density at radius 1 is 1.24 bits per heavy atom. The first-order valence-electron chi connectivity index (χ1n) is 5.92. The minimum Gasteiger partial charge on any atom is -0.478 e. The molecule has 106 valence electrons. The maximum absolute atomic E-state index is 13.5. The number of fused-ring (bicyclic) bond motifs is 1. The fraction of sp³-hybridized carbons (Fsp3) is 0. The second-order valence-corrected chi connectivity index (χ2v) is 4.66. The van der Waals surface area contributed by atoms with Gasteiger partial charge in [-0.3, -0.25) is 0 Å². The van der Waals surface area contributed by atoms with Crippen LogP contribution < -0.4 is 4.74 Å². The number of carboxylic acid groups (broad SMARTS) is 1. The third-order valence-corrected chi connectivity index (χ3v) is 3.24. The molecule has 0 fully saturated rings. The lowest BCUT2D eigenvalue weighted by molar-refractivity contribution is 0.0697. The van der Waals surface area contributed by atoms with E-state index in [0.29, 0.717) is 16.9 Å². The number of benzene rings is 2. The Labute approximate surface area is 123 Å². The molecule has 21 heavy (non-hydrogen) atoms. The summed E-state index contributed by atoms with van der Waals surface area (Å²) in [5.41, 5.74) is 0.250. The highest BCUT2D eigenvalue weighted by Gasteiger charge is 2.13. The lowest BCUT2D eigenvalue weighted by atomic mass is 10.2. The monoisotopic (exact) mass is 306 g/mol. The number of furan rings is 1. The van der Waals surface area contributed by atoms with Crippen molar-refractivity contribution in [2.45, 2.75) is 0 Å². The molecule has 0 unspecified atom stereocenters. The van der Waals surface area contributed by atoms with Crippen LogP contribution in [0.15, 0.2) is 47.1 Å². The second kappa shape index (κ2) is 5.10. The molecule has 0 atom stereocenters. The summed E-state index contributed by atoms with van der Waals surface area (Å²) in [5.74, 6) is -0.892. The van der Waals surface area contributed by atoms with Gasteiger partial charge in [0.15, 0.2) is 11.3 Å². The van der Waals surface area contributed by atoms with Crippen LogP contribution in [0.2, 0.25) is 5.02 Å². The van der Waals surface area contributed by atoms with Crippen molar-refractivity contribution >= 4 is 28.5 Å². The maximum Gasteiger partial charge on any atom is 0.337 e. The molecule has 0 saturated heterocycles. The quantitative estimate of drug-likeness (QED) is 0.761. The summed E-state index contributed by atoms with van der Waals surface area (Å²) < 4.78 is 24.3. The van der Waals surface area contributed by atoms with E-state index in [0.717, 1.165) is 0 Å². The third kappa shape index (κ3) is 2.43. The molecule has 0 saturated carbocycles. The van der Waals surface area contributed by atoms with Crippen LogP contribution in [0.1, 0.15) is 10.4 Å². The summed E-state index contributed by atoms with van der Waals surface area (Å²) in [6.07, 6.45) is 1.36. The van der Waals surface area contributed by atoms with E-state index in [1.807, 2.05) is 0 Å². The molecular weight excluding hydrogens is 299 g/mol. The molecular formula is C15H8ClFO4. The molecule has 1 heterocycles. The summed E-state index contributed by atoms with van der Waals surface area (Å²) in [6, 6.07) is 8.37. The second-order valence-electron chi connectivity index (χ2n) is 4.26. The fourth-order valence-electron chi connectivity index (χ4n) is 1.94. The largest absolute Gasteiger partial charge is 0.478 e. The molecule has 3 aromatic rings. The Balaban J connectivity index is 1.99. The third-order valence-electron chi connectivity index (χ3n) is 2.93. The Morgan fingerprint density at radius 3 is 2.76 bits per heavy atom. The standard InChI is InChI=1S/C15H8ClFO4/c16-11-7-8(1-2-9(11)15(18)19)21-13-4-3-12(17)10-5-6-20-14(10)13/h1-7H,(H,18,19). The van der Waals surface area contributed by atoms with Crippen molar-refractivity contribution in [2.75, 3.05) is 0 Å². The fourth-order valence-corrected chi connectivity index (χ4v) is 2.19. The van der Waals surface area contributed by atoms with Crippen LogP contribution in [-0.2, 0) is 0 Å². The van der Waals surface area contributed by atoms with Gasteiger partial charge in [-0.1, -0.05) is 11.6 Å². The number of ether oxygens (including phenoxy) is 1. The minimum atomic E-state index is -1.12. The van der Waals surface area contributed by atoms with Crippen molar-refractivity contribution < 1.29 is 23.4 Å². The molecule has 0 bridgehead atoms. The Morgan fingerprint density at radius 2 is 2.05 bits per heavy atom. The lowest BCUT2D eigenvalue weighted by Gasteiger charge is -2.08. The van der Waals surface area contributed by atoms with Gasteiger partial charge in [0.1, 0.15) is 11.6 Å². The molecule has 1 aromatic heterocycles. The molecule has 0 spiro atoms. The zero-order valence-electron chi connectivity index (χ0n) is 10.5. The molecule has 3 rings (SSSR count). The van der Waals surface area contributed by atoms with Crippen LogP contribution in [-0.4, -0.2) is 11.1 Å². The van der Waals surface area contributed by atoms with Gasteiger partial charge in [-0.05, 0) is 30.3 Å². The van der Waals surface area contributed by atoms with Gasteiger partial charge in [0.05, 0.1) is 22.2 Å². The van der Waals surface area contributed by atoms with Gasteiger partial charge in [0.2, 0.25) is 0 Å². The first-order chi connectivity index (χ1) is 10.1. The molecule has 6 heteroatoms. The average molecular weight is 307 g/mol. The van der Waals surface area contributed by atoms with Gasteiger partial charge in [-0.15, -0.1) is 0 Å². The molecule has 0 aliphatic rings. The van der Waals surface area contributed by atoms with Gasteiger partial charge in [0.25, 0.3) is 0 Å². The van der Waals surface area contributed by atoms with Gasteiger partial charge in [-0.25, -0.2) is 9.18 Å². The van der Waals surface area contributed by atoms with Gasteiger partial charge in [0, 0.05) is 6.07 Å². The van der Waals surface area contributed by atoms with Crippen LogP contribution in [0, 0.1) is 5.82 Å². The van der Waals surface area contributed by atoms with Crippen LogP contribution in [0.5, 0.6) is 11.5 Å². The number of hydrogen-bond donors (Lipinski definition) is 1. The summed E-state index contributed by atoms with van der Waals surface area (Å²) in [5, 5.41) is 9.27. The molecule has 0 aliphatic carbocycles. The van der Waals surface area contributed by atoms with Crippen LogP contribution in [0.4, 0.5) is 4.39 Å². The van der Waals surface area contributed by atoms with Crippen molar-refractivity contribution in [1.82, 2.24) is 0 Å². The van der Waals surface area contributed by atoms with E-state index in [4.69, 9.17) is 25.9 Å². The van der Waals surface area contributed by atoms with Crippen molar-refractivity contribution in [1.29, 1.82) is 0 Å². The van der Waals surface area contributed by atoms with E-state index in [-0.39, 0.29) is 16.2 Å². The number of aromatic carboxylic acids is 1. The zero-order valence-corrected chi connectivity index (χ0v) is 11.2. The number of halogens is 2. The zero-order chi connectivity index (χ0) is 15.0. The molecule has 2 aromatic carbocycles. The maximum atomic E-state index is 13.5. The summed E-state index contributed by atoms with van der Waals surface area (Å²) in [6.45, 7) is 0. The minimum absolute atomic E-state index is 0.0220. The molecule has 0 radical (unpaired) electrons. The Kier molecular flexibility index (Phi) is 3.27. The number of carboxylic acids is 1. The highest BCUT2D eigenvalue weighted by atomic mass is 35.5. The summed E-state index contributed by atoms with van der Waals surface area (Å²) >= 11 is 5.87. The summed E-state index contributed by atoms with van der Waals surface area (Å²) in [7, 11) is 0. The van der Waals surface area contributed by atoms with Gasteiger partial charge >= 0.3 is 5.97 Å². The molecule has 4 nitrogen and oxygen atoms in total. The highest BCUT2D eigenvalue weighted by Crippen LogP contribution is 2.33. The molecule has 0 aliphatic heterocycles. The van der Waals surface area contributed by atoms with Crippen LogP contribution in [0.3, 0.4) is 0 Å². The van der Waals surface area contributed by atoms with Crippen LogP contribution in [0.25, 0.3) is 11.0 Å². The normalized spacial score (nSPS) is 10.8. The van der Waals surface area contributed by atoms with Crippen molar-refractivity contribution in [3.63, 3.8) is 0 Å². The Hall–Kier alpha value is -2.53. The lowest BCUT2D eigenvalue weighted by Crippen LogP contribution is -1.97. The van der Waals surface area contributed by atoms with E-state index >= 15 is 0 Å². The molecule has 0 amide bonds. The number of hydrogen-bond acceptors (Lipinski definition) is 3. The predicted molar refractivity (Wildman–Crippen MR) is 74.7 cm³/mol. The molecule has 1 N–H and O–H groups in total. The highest BCUT2D eigenvalue weighted by molar-refractivity contribution is 6.33. The van der Waals surface area contributed by atoms with Gasteiger partial charge < -0.3 is 14.3 Å². The van der Waals surface area contributed by atoms with Crippen molar-refractivity contribution in [2.24, 2.45) is 0 Å².